The first-order valence-corrected chi connectivity index (χ1v) is 8.06. The number of carbonyl (C=O) groups excluding carboxylic acids is 1. The van der Waals surface area contributed by atoms with Gasteiger partial charge in [-0.3, -0.25) is 14.3 Å². The van der Waals surface area contributed by atoms with Gasteiger partial charge in [-0.2, -0.15) is 0 Å². The molecule has 2 saturated heterocycles. The van der Waals surface area contributed by atoms with Gasteiger partial charge < -0.3 is 20.2 Å². The number of amides is 1. The van der Waals surface area contributed by atoms with Gasteiger partial charge in [0.05, 0.1) is 12.2 Å². The van der Waals surface area contributed by atoms with Crippen LogP contribution in [-0.4, -0.2) is 45.5 Å². The molecule has 124 valence electrons. The number of rotatable bonds is 0. The number of nitrogens with one attached hydrogen (secondary N) is 1. The van der Waals surface area contributed by atoms with Crippen molar-refractivity contribution in [2.45, 2.75) is 51.5 Å². The molecule has 7 heteroatoms. The third kappa shape index (κ3) is 2.14. The van der Waals surface area contributed by atoms with Gasteiger partial charge in [0.2, 0.25) is 5.43 Å². The molecule has 1 aromatic rings. The summed E-state index contributed by atoms with van der Waals surface area (Å²) < 4.78 is 7.32. The lowest BCUT2D eigenvalue weighted by Crippen LogP contribution is -2.50. The molecule has 2 N–H and O–H groups in total. The van der Waals surface area contributed by atoms with Crippen molar-refractivity contribution >= 4 is 5.91 Å². The highest BCUT2D eigenvalue weighted by atomic mass is 16.5. The van der Waals surface area contributed by atoms with Gasteiger partial charge in [-0.05, 0) is 38.5 Å². The van der Waals surface area contributed by atoms with E-state index < -0.39 is 11.2 Å². The molecule has 3 atom stereocenters. The van der Waals surface area contributed by atoms with Crippen LogP contribution in [0.3, 0.4) is 0 Å². The average molecular weight is 319 g/mol. The fourth-order valence-corrected chi connectivity index (χ4v) is 4.61. The molecule has 0 saturated carbocycles. The Morgan fingerprint density at radius 2 is 1.96 bits per heavy atom. The van der Waals surface area contributed by atoms with Crippen molar-refractivity contribution in [2.24, 2.45) is 5.41 Å². The second-order valence-electron chi connectivity index (χ2n) is 7.19. The SMILES string of the molecule is CC1CC2(CC(C)O1)CC1Nn3ccc(=O)c(O)c3C(=O)N1C2. The molecule has 0 bridgehead atoms. The van der Waals surface area contributed by atoms with E-state index in [2.05, 4.69) is 19.3 Å². The van der Waals surface area contributed by atoms with Crippen molar-refractivity contribution < 1.29 is 14.6 Å². The molecule has 3 aliphatic rings. The Balaban J connectivity index is 1.69. The van der Waals surface area contributed by atoms with E-state index >= 15 is 0 Å². The molecular weight excluding hydrogens is 298 g/mol. The summed E-state index contributed by atoms with van der Waals surface area (Å²) in [5, 5.41) is 9.98. The molecule has 3 aliphatic heterocycles. The standard InChI is InChI=1S/C16H21N3O4/c1-9-5-16(6-10(2)23-9)7-12-17-19-4-3-11(20)14(21)13(19)15(22)18(12)8-16/h3-4,9-10,12,17,21H,5-8H2,1-2H3. The zero-order valence-electron chi connectivity index (χ0n) is 13.3. The molecule has 1 aromatic heterocycles. The highest BCUT2D eigenvalue weighted by molar-refractivity contribution is 5.96. The lowest BCUT2D eigenvalue weighted by atomic mass is 9.75. The number of pyridine rings is 1. The van der Waals surface area contributed by atoms with Crippen LogP contribution in [0.15, 0.2) is 17.1 Å². The minimum atomic E-state index is -0.535. The molecule has 2 fully saturated rings. The lowest BCUT2D eigenvalue weighted by Gasteiger charge is -2.40. The Bertz CT molecular complexity index is 719. The van der Waals surface area contributed by atoms with E-state index in [0.29, 0.717) is 6.54 Å². The molecule has 0 radical (unpaired) electrons. The number of aromatic hydroxyl groups is 1. The van der Waals surface area contributed by atoms with Gasteiger partial charge in [0.15, 0.2) is 11.4 Å². The Kier molecular flexibility index (Phi) is 3.00. The van der Waals surface area contributed by atoms with Crippen LogP contribution in [-0.2, 0) is 4.74 Å². The highest BCUT2D eigenvalue weighted by Gasteiger charge is 2.51. The zero-order valence-corrected chi connectivity index (χ0v) is 13.3. The number of hydrogen-bond donors (Lipinski definition) is 2. The summed E-state index contributed by atoms with van der Waals surface area (Å²) in [4.78, 5) is 26.2. The second kappa shape index (κ2) is 4.74. The Labute approximate surface area is 133 Å². The van der Waals surface area contributed by atoms with E-state index in [1.807, 2.05) is 0 Å². The maximum atomic E-state index is 12.8. The first kappa shape index (κ1) is 14.6. The van der Waals surface area contributed by atoms with E-state index in [4.69, 9.17) is 4.74 Å². The molecule has 0 aromatic carbocycles. The maximum Gasteiger partial charge on any atom is 0.278 e. The summed E-state index contributed by atoms with van der Waals surface area (Å²) in [6.45, 7) is 4.77. The normalized spacial score (nSPS) is 35.8. The summed E-state index contributed by atoms with van der Waals surface area (Å²) in [7, 11) is 0. The predicted molar refractivity (Wildman–Crippen MR) is 82.8 cm³/mol. The van der Waals surface area contributed by atoms with Crippen molar-refractivity contribution in [3.8, 4) is 5.75 Å². The molecule has 7 nitrogen and oxygen atoms in total. The molecule has 1 spiro atoms. The van der Waals surface area contributed by atoms with Gasteiger partial charge in [-0.15, -0.1) is 0 Å². The van der Waals surface area contributed by atoms with Gasteiger partial charge >= 0.3 is 0 Å². The predicted octanol–water partition coefficient (Wildman–Crippen LogP) is 0.857. The van der Waals surface area contributed by atoms with E-state index in [1.165, 1.54) is 16.9 Å². The lowest BCUT2D eigenvalue weighted by molar-refractivity contribution is -0.0832. The molecule has 1 amide bonds. The van der Waals surface area contributed by atoms with Crippen LogP contribution in [0.4, 0.5) is 0 Å². The smallest absolute Gasteiger partial charge is 0.278 e. The molecular formula is C16H21N3O4. The number of aromatic nitrogens is 1. The topological polar surface area (TPSA) is 83.8 Å². The number of ether oxygens (including phenoxy) is 1. The fourth-order valence-electron chi connectivity index (χ4n) is 4.61. The molecule has 23 heavy (non-hydrogen) atoms. The van der Waals surface area contributed by atoms with Crippen LogP contribution >= 0.6 is 0 Å². The van der Waals surface area contributed by atoms with Gasteiger partial charge in [0.25, 0.3) is 5.91 Å². The van der Waals surface area contributed by atoms with Gasteiger partial charge in [-0.25, -0.2) is 0 Å². The van der Waals surface area contributed by atoms with Crippen LogP contribution in [0.2, 0.25) is 0 Å². The van der Waals surface area contributed by atoms with E-state index in [-0.39, 0.29) is 35.4 Å². The first-order chi connectivity index (χ1) is 10.9. The van der Waals surface area contributed by atoms with Gasteiger partial charge in [0.1, 0.15) is 6.17 Å². The Hall–Kier alpha value is -2.02. The third-order valence-corrected chi connectivity index (χ3v) is 5.24. The summed E-state index contributed by atoms with van der Waals surface area (Å²) >= 11 is 0. The average Bonchev–Trinajstić information content (AvgIpc) is 2.79. The minimum absolute atomic E-state index is 0.0268. The monoisotopic (exact) mass is 319 g/mol. The molecule has 3 unspecified atom stereocenters. The van der Waals surface area contributed by atoms with E-state index in [9.17, 15) is 14.7 Å². The molecule has 4 rings (SSSR count). The fraction of sp³-hybridized carbons (Fsp3) is 0.625. The number of carbonyl (C=O) groups is 1. The van der Waals surface area contributed by atoms with Crippen molar-refractivity contribution in [3.63, 3.8) is 0 Å². The van der Waals surface area contributed by atoms with Crippen LogP contribution in [0.1, 0.15) is 43.6 Å². The van der Waals surface area contributed by atoms with Crippen molar-refractivity contribution in [1.29, 1.82) is 0 Å². The highest BCUT2D eigenvalue weighted by Crippen LogP contribution is 2.47. The van der Waals surface area contributed by atoms with Gasteiger partial charge in [-0.1, -0.05) is 0 Å². The summed E-state index contributed by atoms with van der Waals surface area (Å²) in [5.41, 5.74) is 2.76. The number of fused-ring (bicyclic) bond motifs is 2. The maximum absolute atomic E-state index is 12.8. The van der Waals surface area contributed by atoms with Crippen LogP contribution < -0.4 is 10.9 Å². The van der Waals surface area contributed by atoms with Crippen molar-refractivity contribution in [3.05, 3.63) is 28.2 Å². The molecule has 0 aliphatic carbocycles. The van der Waals surface area contributed by atoms with Crippen molar-refractivity contribution in [1.82, 2.24) is 9.58 Å². The van der Waals surface area contributed by atoms with Crippen LogP contribution in [0.5, 0.6) is 5.75 Å². The Morgan fingerprint density at radius 3 is 2.65 bits per heavy atom. The van der Waals surface area contributed by atoms with Crippen LogP contribution in [0.25, 0.3) is 0 Å². The zero-order chi connectivity index (χ0) is 16.4. The van der Waals surface area contributed by atoms with Crippen LogP contribution in [0, 0.1) is 5.41 Å². The van der Waals surface area contributed by atoms with E-state index in [1.54, 1.807) is 4.90 Å². The summed E-state index contributed by atoms with van der Waals surface area (Å²) in [5.74, 6) is -0.772. The van der Waals surface area contributed by atoms with E-state index in [0.717, 1.165) is 19.3 Å². The number of nitrogens with zero attached hydrogens (tertiary/aromatic N) is 2. The minimum Gasteiger partial charge on any atom is -0.502 e. The third-order valence-electron chi connectivity index (χ3n) is 5.24. The number of hydrogen-bond acceptors (Lipinski definition) is 5. The molecule has 4 heterocycles. The summed E-state index contributed by atoms with van der Waals surface area (Å²) in [6.07, 6.45) is 4.42. The van der Waals surface area contributed by atoms with Crippen molar-refractivity contribution in [2.75, 3.05) is 12.0 Å². The second-order valence-corrected chi connectivity index (χ2v) is 7.19. The van der Waals surface area contributed by atoms with Gasteiger partial charge in [0, 0.05) is 18.8 Å². The summed E-state index contributed by atoms with van der Waals surface area (Å²) in [6, 6.07) is 1.26. The first-order valence-electron chi connectivity index (χ1n) is 8.06. The quantitative estimate of drug-likeness (QED) is 0.741. The Morgan fingerprint density at radius 1 is 1.26 bits per heavy atom. The largest absolute Gasteiger partial charge is 0.502 e.